The van der Waals surface area contributed by atoms with Crippen molar-refractivity contribution in [2.45, 2.75) is 26.3 Å². The minimum absolute atomic E-state index is 0.0700. The molecule has 0 spiro atoms. The van der Waals surface area contributed by atoms with E-state index < -0.39 is 0 Å². The maximum absolute atomic E-state index is 13.6. The minimum Gasteiger partial charge on any atom is -0.356 e. The molecule has 0 unspecified atom stereocenters. The van der Waals surface area contributed by atoms with Crippen molar-refractivity contribution in [1.29, 1.82) is 0 Å². The van der Waals surface area contributed by atoms with E-state index in [2.05, 4.69) is 26.3 Å². The van der Waals surface area contributed by atoms with E-state index in [0.29, 0.717) is 24.5 Å². The molecule has 30 heavy (non-hydrogen) atoms. The molecule has 1 N–H and O–H groups in total. The Hall–Kier alpha value is -3.28. The van der Waals surface area contributed by atoms with Gasteiger partial charge in [-0.1, -0.05) is 42.0 Å². The van der Waals surface area contributed by atoms with Crippen LogP contribution in [-0.4, -0.2) is 29.0 Å². The number of carbonyl (C=O) groups is 1. The van der Waals surface area contributed by atoms with Crippen LogP contribution in [-0.2, 0) is 11.3 Å². The second kappa shape index (κ2) is 9.03. The number of nitrogens with one attached hydrogen (secondary N) is 1. The summed E-state index contributed by atoms with van der Waals surface area (Å²) in [5, 5.41) is 3.07. The number of carbonyl (C=O) groups excluding carboxylic acids is 1. The van der Waals surface area contributed by atoms with Crippen LogP contribution in [0.5, 0.6) is 0 Å². The zero-order valence-electron chi connectivity index (χ0n) is 17.0. The highest BCUT2D eigenvalue weighted by Gasteiger charge is 2.26. The maximum atomic E-state index is 13.6. The van der Waals surface area contributed by atoms with Crippen molar-refractivity contribution in [3.05, 3.63) is 77.7 Å². The van der Waals surface area contributed by atoms with Crippen LogP contribution in [0.15, 0.2) is 60.8 Å². The quantitative estimate of drug-likeness (QED) is 0.695. The monoisotopic (exact) mass is 404 g/mol. The van der Waals surface area contributed by atoms with Gasteiger partial charge in [-0.25, -0.2) is 14.4 Å². The van der Waals surface area contributed by atoms with Gasteiger partial charge in [-0.15, -0.1) is 0 Å². The molecular formula is C24H25FN4O. The molecule has 6 heteroatoms. The van der Waals surface area contributed by atoms with Gasteiger partial charge in [0, 0.05) is 31.4 Å². The maximum Gasteiger partial charge on any atom is 0.225 e. The molecule has 154 valence electrons. The summed E-state index contributed by atoms with van der Waals surface area (Å²) in [4.78, 5) is 23.8. The Kier molecular flexibility index (Phi) is 6.02. The lowest BCUT2D eigenvalue weighted by molar-refractivity contribution is -0.125. The van der Waals surface area contributed by atoms with Gasteiger partial charge < -0.3 is 10.2 Å². The average molecular weight is 404 g/mol. The highest BCUT2D eigenvalue weighted by atomic mass is 19.1. The van der Waals surface area contributed by atoms with Crippen molar-refractivity contribution < 1.29 is 9.18 Å². The highest BCUT2D eigenvalue weighted by Crippen LogP contribution is 2.24. The predicted molar refractivity (Wildman–Crippen MR) is 115 cm³/mol. The first-order valence-electron chi connectivity index (χ1n) is 10.3. The molecule has 1 aliphatic heterocycles. The number of halogens is 1. The van der Waals surface area contributed by atoms with E-state index in [1.165, 1.54) is 17.7 Å². The number of piperidine rings is 1. The fourth-order valence-corrected chi connectivity index (χ4v) is 3.85. The Morgan fingerprint density at radius 3 is 2.90 bits per heavy atom. The molecule has 1 aliphatic rings. The zero-order valence-corrected chi connectivity index (χ0v) is 17.0. The van der Waals surface area contributed by atoms with Gasteiger partial charge in [-0.2, -0.15) is 0 Å². The average Bonchev–Trinajstić information content (AvgIpc) is 2.78. The molecule has 3 aromatic rings. The van der Waals surface area contributed by atoms with Crippen LogP contribution in [0.25, 0.3) is 11.4 Å². The second-order valence-corrected chi connectivity index (χ2v) is 7.74. The number of hydrogen-bond donors (Lipinski definition) is 1. The Morgan fingerprint density at radius 2 is 2.07 bits per heavy atom. The Morgan fingerprint density at radius 1 is 1.20 bits per heavy atom. The fourth-order valence-electron chi connectivity index (χ4n) is 3.85. The van der Waals surface area contributed by atoms with Crippen molar-refractivity contribution in [3.8, 4) is 11.4 Å². The third-order valence-electron chi connectivity index (χ3n) is 5.39. The van der Waals surface area contributed by atoms with Crippen molar-refractivity contribution in [2.75, 3.05) is 18.0 Å². The normalized spacial score (nSPS) is 16.3. The summed E-state index contributed by atoms with van der Waals surface area (Å²) in [5.74, 6) is 0.917. The SMILES string of the molecule is Cc1cccc(CNC(=O)[C@H]2CCCN(c3ccnc(-c4cccc(F)c4)n3)C2)c1. The number of aryl methyl sites for hydroxylation is 1. The largest absolute Gasteiger partial charge is 0.356 e. The van der Waals surface area contributed by atoms with E-state index >= 15 is 0 Å². The van der Waals surface area contributed by atoms with E-state index in [-0.39, 0.29) is 17.6 Å². The molecule has 1 fully saturated rings. The molecule has 0 aliphatic carbocycles. The van der Waals surface area contributed by atoms with Crippen molar-refractivity contribution in [3.63, 3.8) is 0 Å². The summed E-state index contributed by atoms with van der Waals surface area (Å²) in [6.45, 7) is 4.03. The third-order valence-corrected chi connectivity index (χ3v) is 5.39. The van der Waals surface area contributed by atoms with Crippen LogP contribution in [0.1, 0.15) is 24.0 Å². The van der Waals surface area contributed by atoms with Gasteiger partial charge in [0.25, 0.3) is 0 Å². The van der Waals surface area contributed by atoms with Crippen molar-refractivity contribution in [1.82, 2.24) is 15.3 Å². The number of amides is 1. The van der Waals surface area contributed by atoms with Gasteiger partial charge >= 0.3 is 0 Å². The zero-order chi connectivity index (χ0) is 20.9. The van der Waals surface area contributed by atoms with Crippen LogP contribution in [0.3, 0.4) is 0 Å². The summed E-state index contributed by atoms with van der Waals surface area (Å²) in [6, 6.07) is 16.3. The van der Waals surface area contributed by atoms with Crippen molar-refractivity contribution in [2.24, 2.45) is 5.92 Å². The van der Waals surface area contributed by atoms with E-state index in [1.807, 2.05) is 31.2 Å². The van der Waals surface area contributed by atoms with Gasteiger partial charge in [0.15, 0.2) is 5.82 Å². The third kappa shape index (κ3) is 4.82. The van der Waals surface area contributed by atoms with Crippen molar-refractivity contribution >= 4 is 11.7 Å². The standard InChI is InChI=1S/C24H25FN4O/c1-17-5-2-6-18(13-17)15-27-24(30)20-8-4-12-29(16-20)22-10-11-26-23(28-22)19-7-3-9-21(25)14-19/h2-3,5-7,9-11,13-14,20H,4,8,12,15-16H2,1H3,(H,27,30)/t20-/m0/s1. The molecular weight excluding hydrogens is 379 g/mol. The molecule has 0 radical (unpaired) electrons. The molecule has 5 nitrogen and oxygen atoms in total. The van der Waals surface area contributed by atoms with Crippen LogP contribution in [0.4, 0.5) is 10.2 Å². The van der Waals surface area contributed by atoms with Crippen LogP contribution in [0.2, 0.25) is 0 Å². The molecule has 2 aromatic carbocycles. The van der Waals surface area contributed by atoms with Gasteiger partial charge in [0.05, 0.1) is 5.92 Å². The molecule has 2 heterocycles. The second-order valence-electron chi connectivity index (χ2n) is 7.74. The lowest BCUT2D eigenvalue weighted by Crippen LogP contribution is -2.43. The number of rotatable bonds is 5. The summed E-state index contributed by atoms with van der Waals surface area (Å²) in [6.07, 6.45) is 3.46. The van der Waals surface area contributed by atoms with Gasteiger partial charge in [0.1, 0.15) is 11.6 Å². The van der Waals surface area contributed by atoms with Gasteiger partial charge in [0.2, 0.25) is 5.91 Å². The molecule has 0 saturated carbocycles. The smallest absolute Gasteiger partial charge is 0.225 e. The Labute approximate surface area is 176 Å². The topological polar surface area (TPSA) is 58.1 Å². The summed E-state index contributed by atoms with van der Waals surface area (Å²) in [5.41, 5.74) is 2.93. The van der Waals surface area contributed by atoms with Gasteiger partial charge in [-0.05, 0) is 43.5 Å². The fraction of sp³-hybridized carbons (Fsp3) is 0.292. The van der Waals surface area contributed by atoms with Crippen LogP contribution in [0, 0.1) is 18.7 Å². The molecule has 1 saturated heterocycles. The van der Waals surface area contributed by atoms with E-state index in [1.54, 1.807) is 18.3 Å². The first kappa shape index (κ1) is 20.0. The van der Waals surface area contributed by atoms with E-state index in [0.717, 1.165) is 30.8 Å². The van der Waals surface area contributed by atoms with E-state index in [4.69, 9.17) is 0 Å². The minimum atomic E-state index is -0.315. The first-order valence-corrected chi connectivity index (χ1v) is 10.3. The number of hydrogen-bond acceptors (Lipinski definition) is 4. The molecule has 4 rings (SSSR count). The molecule has 1 atom stereocenters. The Balaban J connectivity index is 1.42. The van der Waals surface area contributed by atoms with Gasteiger partial charge in [-0.3, -0.25) is 4.79 Å². The summed E-state index contributed by atoms with van der Waals surface area (Å²) in [7, 11) is 0. The number of benzene rings is 2. The predicted octanol–water partition coefficient (Wildman–Crippen LogP) is 4.12. The number of nitrogens with zero attached hydrogens (tertiary/aromatic N) is 3. The Bertz CT molecular complexity index is 1040. The highest BCUT2D eigenvalue weighted by molar-refractivity contribution is 5.79. The number of anilines is 1. The first-order chi connectivity index (χ1) is 14.6. The van der Waals surface area contributed by atoms with E-state index in [9.17, 15) is 9.18 Å². The molecule has 1 amide bonds. The van der Waals surface area contributed by atoms with Crippen LogP contribution < -0.4 is 10.2 Å². The lowest BCUT2D eigenvalue weighted by atomic mass is 9.97. The number of aromatic nitrogens is 2. The van der Waals surface area contributed by atoms with Crippen LogP contribution >= 0.6 is 0 Å². The summed E-state index contributed by atoms with van der Waals surface area (Å²) < 4.78 is 13.6. The summed E-state index contributed by atoms with van der Waals surface area (Å²) >= 11 is 0. The molecule has 0 bridgehead atoms. The lowest BCUT2D eigenvalue weighted by Gasteiger charge is -2.33. The molecule has 1 aromatic heterocycles.